The molecule has 9 nitrogen and oxygen atoms in total. The summed E-state index contributed by atoms with van der Waals surface area (Å²) in [6.45, 7) is 9.02. The first-order valence-corrected chi connectivity index (χ1v) is 7.90. The van der Waals surface area contributed by atoms with E-state index in [0.717, 1.165) is 12.2 Å². The van der Waals surface area contributed by atoms with Crippen molar-refractivity contribution in [3.8, 4) is 0 Å². The molecule has 0 radical (unpaired) electrons. The van der Waals surface area contributed by atoms with Gasteiger partial charge in [-0.15, -0.1) is 0 Å². The SMILES string of the molecule is C=CC(=O)OC(C)C(C(=O)OCS(=O)(=O)O)C(C)OC(=O)C=C.[Ca+2].[H-].[H-]. The second-order valence-electron chi connectivity index (χ2n) is 4.38. The van der Waals surface area contributed by atoms with Crippen molar-refractivity contribution in [3.63, 3.8) is 0 Å². The molecule has 0 saturated carbocycles. The molecule has 0 spiro atoms. The van der Waals surface area contributed by atoms with Crippen LogP contribution in [0.5, 0.6) is 0 Å². The molecule has 0 aromatic carbocycles. The Bertz CT molecular complexity index is 566. The quantitative estimate of drug-likeness (QED) is 0.190. The summed E-state index contributed by atoms with van der Waals surface area (Å²) in [5.41, 5.74) is 0. The molecule has 0 aliphatic heterocycles. The smallest absolute Gasteiger partial charge is 1.00 e. The van der Waals surface area contributed by atoms with Gasteiger partial charge in [0, 0.05) is 12.2 Å². The van der Waals surface area contributed by atoms with E-state index in [0.29, 0.717) is 0 Å². The Morgan fingerprint density at radius 3 is 1.75 bits per heavy atom. The third-order valence-electron chi connectivity index (χ3n) is 2.57. The van der Waals surface area contributed by atoms with Crippen LogP contribution in [-0.4, -0.2) is 86.8 Å². The van der Waals surface area contributed by atoms with Crippen LogP contribution in [0.3, 0.4) is 0 Å². The van der Waals surface area contributed by atoms with Crippen LogP contribution >= 0.6 is 0 Å². The van der Waals surface area contributed by atoms with E-state index >= 15 is 0 Å². The predicted molar refractivity (Wildman–Crippen MR) is 85.5 cm³/mol. The summed E-state index contributed by atoms with van der Waals surface area (Å²) >= 11 is 0. The number of hydrogen-bond donors (Lipinski definition) is 1. The topological polar surface area (TPSA) is 133 Å². The number of ether oxygens (including phenoxy) is 3. The average Bonchev–Trinajstić information content (AvgIpc) is 2.44. The molecule has 2 atom stereocenters. The van der Waals surface area contributed by atoms with Gasteiger partial charge in [0.2, 0.25) is 5.94 Å². The Kier molecular flexibility index (Phi) is 12.2. The maximum atomic E-state index is 12.0. The van der Waals surface area contributed by atoms with E-state index in [-0.39, 0.29) is 40.6 Å². The van der Waals surface area contributed by atoms with Crippen molar-refractivity contribution in [1.29, 1.82) is 0 Å². The van der Waals surface area contributed by atoms with Gasteiger partial charge in [-0.25, -0.2) is 9.59 Å². The molecular formula is C13H20CaO9S. The minimum absolute atomic E-state index is 0. The van der Waals surface area contributed by atoms with Gasteiger partial charge in [0.15, 0.2) is 0 Å². The van der Waals surface area contributed by atoms with Crippen LogP contribution in [0.15, 0.2) is 25.3 Å². The minimum Gasteiger partial charge on any atom is -1.00 e. The first-order valence-electron chi connectivity index (χ1n) is 6.29. The van der Waals surface area contributed by atoms with Gasteiger partial charge in [0.1, 0.15) is 18.1 Å². The minimum atomic E-state index is -4.55. The number of rotatable bonds is 9. The van der Waals surface area contributed by atoms with Crippen LogP contribution in [-0.2, 0) is 38.7 Å². The summed E-state index contributed by atoms with van der Waals surface area (Å²) < 4.78 is 44.0. The van der Waals surface area contributed by atoms with E-state index < -0.39 is 52.1 Å². The number of esters is 3. The Hall–Kier alpha value is -0.940. The molecule has 0 rings (SSSR count). The molecule has 0 heterocycles. The van der Waals surface area contributed by atoms with Gasteiger partial charge < -0.3 is 17.1 Å². The maximum Gasteiger partial charge on any atom is 2.00 e. The summed E-state index contributed by atoms with van der Waals surface area (Å²) in [6, 6.07) is 0. The van der Waals surface area contributed by atoms with Crippen molar-refractivity contribution in [2.24, 2.45) is 5.92 Å². The van der Waals surface area contributed by atoms with Gasteiger partial charge in [-0.2, -0.15) is 8.42 Å². The third kappa shape index (κ3) is 10.0. The fourth-order valence-corrected chi connectivity index (χ4v) is 1.87. The largest absolute Gasteiger partial charge is 2.00 e. The Morgan fingerprint density at radius 1 is 1.08 bits per heavy atom. The summed E-state index contributed by atoms with van der Waals surface area (Å²) in [5.74, 6) is -5.44. The first-order chi connectivity index (χ1) is 10.5. The fraction of sp³-hybridized carbons (Fsp3) is 0.462. The predicted octanol–water partition coefficient (Wildman–Crippen LogP) is 0.0707. The molecule has 0 saturated heterocycles. The van der Waals surface area contributed by atoms with Gasteiger partial charge in [-0.1, -0.05) is 13.2 Å². The normalized spacial score (nSPS) is 14.1. The van der Waals surface area contributed by atoms with Crippen LogP contribution in [0.1, 0.15) is 16.7 Å². The molecule has 1 N–H and O–H groups in total. The van der Waals surface area contributed by atoms with Gasteiger partial charge in [-0.3, -0.25) is 9.35 Å². The number of carbonyl (C=O) groups excluding carboxylic acids is 3. The van der Waals surface area contributed by atoms with Gasteiger partial charge in [-0.05, 0) is 13.8 Å². The summed E-state index contributed by atoms with van der Waals surface area (Å²) in [6.07, 6.45) is -0.529. The molecule has 134 valence electrons. The Balaban J connectivity index is -0.000000807. The van der Waals surface area contributed by atoms with Crippen molar-refractivity contribution in [1.82, 2.24) is 0 Å². The zero-order chi connectivity index (χ0) is 18.2. The van der Waals surface area contributed by atoms with Gasteiger partial charge in [0.05, 0.1) is 0 Å². The molecule has 0 aliphatic carbocycles. The zero-order valence-electron chi connectivity index (χ0n) is 15.3. The summed E-state index contributed by atoms with van der Waals surface area (Å²) in [4.78, 5) is 34.4. The summed E-state index contributed by atoms with van der Waals surface area (Å²) in [7, 11) is -4.55. The van der Waals surface area contributed by atoms with Crippen LogP contribution in [0.25, 0.3) is 0 Å². The van der Waals surface area contributed by atoms with E-state index in [2.05, 4.69) is 17.9 Å². The average molecular weight is 392 g/mol. The van der Waals surface area contributed by atoms with Crippen molar-refractivity contribution >= 4 is 65.8 Å². The molecule has 11 heteroatoms. The number of hydrogen-bond acceptors (Lipinski definition) is 8. The monoisotopic (exact) mass is 392 g/mol. The van der Waals surface area contributed by atoms with E-state index in [9.17, 15) is 22.8 Å². The molecular weight excluding hydrogens is 372 g/mol. The third-order valence-corrected chi connectivity index (χ3v) is 2.99. The molecule has 2 unspecified atom stereocenters. The van der Waals surface area contributed by atoms with E-state index in [1.54, 1.807) is 0 Å². The van der Waals surface area contributed by atoms with E-state index in [1.165, 1.54) is 13.8 Å². The molecule has 0 bridgehead atoms. The first kappa shape index (κ1) is 25.3. The Labute approximate surface area is 172 Å². The van der Waals surface area contributed by atoms with Crippen LogP contribution in [0.4, 0.5) is 0 Å². The molecule has 0 aromatic heterocycles. The molecule has 0 aliphatic rings. The fourth-order valence-electron chi connectivity index (χ4n) is 1.60. The molecule has 0 amide bonds. The maximum absolute atomic E-state index is 12.0. The van der Waals surface area contributed by atoms with Crippen LogP contribution in [0.2, 0.25) is 0 Å². The van der Waals surface area contributed by atoms with Crippen molar-refractivity contribution in [3.05, 3.63) is 25.3 Å². The molecule has 24 heavy (non-hydrogen) atoms. The van der Waals surface area contributed by atoms with Crippen LogP contribution in [0, 0.1) is 5.92 Å². The molecule has 0 fully saturated rings. The second kappa shape index (κ2) is 11.6. The van der Waals surface area contributed by atoms with Crippen molar-refractivity contribution in [2.45, 2.75) is 26.1 Å². The zero-order valence-corrected chi connectivity index (χ0v) is 16.4. The van der Waals surface area contributed by atoms with Gasteiger partial charge in [0.25, 0.3) is 0 Å². The van der Waals surface area contributed by atoms with Crippen molar-refractivity contribution in [2.75, 3.05) is 5.94 Å². The van der Waals surface area contributed by atoms with E-state index in [1.807, 2.05) is 0 Å². The van der Waals surface area contributed by atoms with Crippen molar-refractivity contribution < 1.29 is 44.4 Å². The number of carbonyl (C=O) groups is 3. The second-order valence-corrected chi connectivity index (χ2v) is 5.78. The standard InChI is InChI=1S/C13H18O9S.Ca.2H/c1-5-10(14)21-8(3)12(9(4)22-11(15)6-2)13(16)20-7-23(17,18)19;;;/h5-6,8-9,12H,1-2,7H2,3-4H3,(H,17,18,19);;;/q;+2;2*-1. The van der Waals surface area contributed by atoms with Crippen LogP contribution < -0.4 is 0 Å². The molecule has 0 aromatic rings. The van der Waals surface area contributed by atoms with E-state index in [4.69, 9.17) is 14.0 Å². The Morgan fingerprint density at radius 2 is 1.46 bits per heavy atom. The summed E-state index contributed by atoms with van der Waals surface area (Å²) in [5, 5.41) is 0. The van der Waals surface area contributed by atoms with Gasteiger partial charge >= 0.3 is 65.8 Å².